The quantitative estimate of drug-likeness (QED) is 0.881. The van der Waals surface area contributed by atoms with Crippen molar-refractivity contribution in [1.29, 1.82) is 0 Å². The van der Waals surface area contributed by atoms with Gasteiger partial charge in [-0.05, 0) is 37.5 Å². The van der Waals surface area contributed by atoms with E-state index in [0.29, 0.717) is 49.7 Å². The van der Waals surface area contributed by atoms with E-state index in [-0.39, 0.29) is 17.7 Å². The summed E-state index contributed by atoms with van der Waals surface area (Å²) in [5, 5.41) is 3.05. The second kappa shape index (κ2) is 8.34. The van der Waals surface area contributed by atoms with Crippen LogP contribution in [0.15, 0.2) is 24.3 Å². The topological polar surface area (TPSA) is 67.9 Å². The summed E-state index contributed by atoms with van der Waals surface area (Å²) in [6.45, 7) is 3.46. The largest absolute Gasteiger partial charge is 0.497 e. The zero-order chi connectivity index (χ0) is 17.6. The molecule has 0 radical (unpaired) electrons. The van der Waals surface area contributed by atoms with E-state index in [9.17, 15) is 9.59 Å². The van der Waals surface area contributed by atoms with Gasteiger partial charge in [-0.2, -0.15) is 0 Å². The lowest BCUT2D eigenvalue weighted by Crippen LogP contribution is -2.43. The number of hydrogen-bond acceptors (Lipinski definition) is 4. The van der Waals surface area contributed by atoms with Gasteiger partial charge in [0, 0.05) is 43.6 Å². The van der Waals surface area contributed by atoms with Gasteiger partial charge in [0.2, 0.25) is 5.91 Å². The summed E-state index contributed by atoms with van der Waals surface area (Å²) in [6.07, 6.45) is 2.44. The third-order valence-corrected chi connectivity index (χ3v) is 5.06. The first-order chi connectivity index (χ1) is 12.2. The summed E-state index contributed by atoms with van der Waals surface area (Å²) >= 11 is 0. The number of carbonyl (C=O) groups excluding carboxylic acids is 2. The van der Waals surface area contributed by atoms with E-state index in [1.807, 2.05) is 17.0 Å². The highest BCUT2D eigenvalue weighted by atomic mass is 16.5. The fourth-order valence-electron chi connectivity index (χ4n) is 3.42. The Hall–Kier alpha value is -2.08. The van der Waals surface area contributed by atoms with Gasteiger partial charge in [0.05, 0.1) is 13.7 Å². The Kier molecular flexibility index (Phi) is 5.91. The number of hydrogen-bond donors (Lipinski definition) is 1. The highest BCUT2D eigenvalue weighted by molar-refractivity contribution is 5.94. The number of amides is 2. The number of carbonyl (C=O) groups is 2. The molecule has 1 atom stereocenters. The Balaban J connectivity index is 1.47. The van der Waals surface area contributed by atoms with E-state index in [4.69, 9.17) is 9.47 Å². The molecule has 6 nitrogen and oxygen atoms in total. The number of benzene rings is 1. The molecule has 136 valence electrons. The molecule has 2 heterocycles. The minimum Gasteiger partial charge on any atom is -0.497 e. The zero-order valence-corrected chi connectivity index (χ0v) is 14.7. The number of nitrogens with zero attached hydrogens (tertiary/aromatic N) is 1. The molecule has 3 rings (SSSR count). The third kappa shape index (κ3) is 4.51. The standard InChI is InChI=1S/C19H26N2O4/c1-24-17-4-2-3-16(11-17)19(23)21-8-5-15(6-9-21)18(22)20-12-14-7-10-25-13-14/h2-4,11,14-15H,5-10,12-13H2,1H3,(H,20,22)/t14-/m1/s1. The molecule has 6 heteroatoms. The van der Waals surface area contributed by atoms with Crippen molar-refractivity contribution in [3.8, 4) is 5.75 Å². The molecule has 25 heavy (non-hydrogen) atoms. The van der Waals surface area contributed by atoms with Gasteiger partial charge >= 0.3 is 0 Å². The van der Waals surface area contributed by atoms with Crippen LogP contribution >= 0.6 is 0 Å². The van der Waals surface area contributed by atoms with E-state index in [0.717, 1.165) is 19.6 Å². The molecule has 0 aliphatic carbocycles. The lowest BCUT2D eigenvalue weighted by molar-refractivity contribution is -0.126. The van der Waals surface area contributed by atoms with Crippen molar-refractivity contribution in [2.45, 2.75) is 19.3 Å². The maximum atomic E-state index is 12.6. The molecule has 1 aromatic carbocycles. The Morgan fingerprint density at radius 3 is 2.76 bits per heavy atom. The molecule has 2 aliphatic heterocycles. The predicted octanol–water partition coefficient (Wildman–Crippen LogP) is 1.70. The summed E-state index contributed by atoms with van der Waals surface area (Å²) in [5.41, 5.74) is 0.628. The van der Waals surface area contributed by atoms with Crippen LogP contribution < -0.4 is 10.1 Å². The first kappa shape index (κ1) is 17.7. The minimum atomic E-state index is -0.00307. The van der Waals surface area contributed by atoms with E-state index in [2.05, 4.69) is 5.32 Å². The molecule has 0 aromatic heterocycles. The molecule has 0 spiro atoms. The van der Waals surface area contributed by atoms with Crippen LogP contribution in [0.3, 0.4) is 0 Å². The molecule has 1 N–H and O–H groups in total. The van der Waals surface area contributed by atoms with Gasteiger partial charge in [-0.25, -0.2) is 0 Å². The smallest absolute Gasteiger partial charge is 0.253 e. The van der Waals surface area contributed by atoms with Crippen LogP contribution in [0.2, 0.25) is 0 Å². The van der Waals surface area contributed by atoms with Crippen molar-refractivity contribution in [1.82, 2.24) is 10.2 Å². The van der Waals surface area contributed by atoms with Crippen molar-refractivity contribution in [3.63, 3.8) is 0 Å². The Morgan fingerprint density at radius 2 is 2.08 bits per heavy atom. The van der Waals surface area contributed by atoms with Crippen LogP contribution in [0.4, 0.5) is 0 Å². The average Bonchev–Trinajstić information content (AvgIpc) is 3.19. The van der Waals surface area contributed by atoms with Crippen LogP contribution in [-0.4, -0.2) is 56.7 Å². The van der Waals surface area contributed by atoms with Gasteiger partial charge in [0.25, 0.3) is 5.91 Å². The van der Waals surface area contributed by atoms with Crippen LogP contribution in [0, 0.1) is 11.8 Å². The Bertz CT molecular complexity index is 605. The minimum absolute atomic E-state index is 0.000799. The highest BCUT2D eigenvalue weighted by Crippen LogP contribution is 2.21. The summed E-state index contributed by atoms with van der Waals surface area (Å²) in [4.78, 5) is 26.7. The molecule has 2 saturated heterocycles. The number of nitrogens with one attached hydrogen (secondary N) is 1. The molecule has 2 amide bonds. The first-order valence-electron chi connectivity index (χ1n) is 8.96. The highest BCUT2D eigenvalue weighted by Gasteiger charge is 2.28. The monoisotopic (exact) mass is 346 g/mol. The van der Waals surface area contributed by atoms with Gasteiger partial charge in [0.15, 0.2) is 0 Å². The third-order valence-electron chi connectivity index (χ3n) is 5.06. The van der Waals surface area contributed by atoms with Gasteiger partial charge in [0.1, 0.15) is 5.75 Å². The molecular weight excluding hydrogens is 320 g/mol. The van der Waals surface area contributed by atoms with Gasteiger partial charge < -0.3 is 19.7 Å². The first-order valence-corrected chi connectivity index (χ1v) is 8.96. The normalized spacial score (nSPS) is 21.2. The summed E-state index contributed by atoms with van der Waals surface area (Å²) in [5.74, 6) is 1.23. The van der Waals surface area contributed by atoms with Crippen molar-refractivity contribution in [2.24, 2.45) is 11.8 Å². The van der Waals surface area contributed by atoms with E-state index < -0.39 is 0 Å². The fourth-order valence-corrected chi connectivity index (χ4v) is 3.42. The number of likely N-dealkylation sites (tertiary alicyclic amines) is 1. The maximum absolute atomic E-state index is 12.6. The molecule has 0 bridgehead atoms. The molecule has 0 unspecified atom stereocenters. The van der Waals surface area contributed by atoms with E-state index >= 15 is 0 Å². The van der Waals surface area contributed by atoms with Crippen LogP contribution in [0.1, 0.15) is 29.6 Å². The van der Waals surface area contributed by atoms with Crippen molar-refractivity contribution < 1.29 is 19.1 Å². The second-order valence-electron chi connectivity index (χ2n) is 6.77. The molecule has 1 aromatic rings. The lowest BCUT2D eigenvalue weighted by Gasteiger charge is -2.31. The molecule has 0 saturated carbocycles. The molecule has 2 aliphatic rings. The summed E-state index contributed by atoms with van der Waals surface area (Å²) in [7, 11) is 1.59. The van der Waals surface area contributed by atoms with Crippen LogP contribution in [0.5, 0.6) is 5.75 Å². The van der Waals surface area contributed by atoms with Crippen LogP contribution in [-0.2, 0) is 9.53 Å². The summed E-state index contributed by atoms with van der Waals surface area (Å²) in [6, 6.07) is 7.19. The van der Waals surface area contributed by atoms with Crippen molar-refractivity contribution in [3.05, 3.63) is 29.8 Å². The SMILES string of the molecule is COc1cccc(C(=O)N2CCC(C(=O)NC[C@H]3CCOC3)CC2)c1. The number of ether oxygens (including phenoxy) is 2. The maximum Gasteiger partial charge on any atom is 0.253 e. The number of rotatable bonds is 5. The van der Waals surface area contributed by atoms with Crippen molar-refractivity contribution >= 4 is 11.8 Å². The van der Waals surface area contributed by atoms with Gasteiger partial charge in [-0.3, -0.25) is 9.59 Å². The van der Waals surface area contributed by atoms with E-state index in [1.165, 1.54) is 0 Å². The van der Waals surface area contributed by atoms with Crippen LogP contribution in [0.25, 0.3) is 0 Å². The second-order valence-corrected chi connectivity index (χ2v) is 6.77. The molecule has 2 fully saturated rings. The average molecular weight is 346 g/mol. The summed E-state index contributed by atoms with van der Waals surface area (Å²) < 4.78 is 10.5. The number of methoxy groups -OCH3 is 1. The van der Waals surface area contributed by atoms with E-state index in [1.54, 1.807) is 19.2 Å². The molecular formula is C19H26N2O4. The zero-order valence-electron chi connectivity index (χ0n) is 14.7. The number of piperidine rings is 1. The van der Waals surface area contributed by atoms with Gasteiger partial charge in [-0.1, -0.05) is 6.07 Å². The fraction of sp³-hybridized carbons (Fsp3) is 0.579. The van der Waals surface area contributed by atoms with Gasteiger partial charge in [-0.15, -0.1) is 0 Å². The Morgan fingerprint density at radius 1 is 1.28 bits per heavy atom. The Labute approximate surface area is 148 Å². The lowest BCUT2D eigenvalue weighted by atomic mass is 9.95. The van der Waals surface area contributed by atoms with Crippen molar-refractivity contribution in [2.75, 3.05) is 40.0 Å². The predicted molar refractivity (Wildman–Crippen MR) is 93.6 cm³/mol.